The van der Waals surface area contributed by atoms with Gasteiger partial charge in [-0.05, 0) is 30.3 Å². The predicted molar refractivity (Wildman–Crippen MR) is 96.8 cm³/mol. The Morgan fingerprint density at radius 1 is 1.18 bits per heavy atom. The maximum Gasteiger partial charge on any atom is 0.440 e. The summed E-state index contributed by atoms with van der Waals surface area (Å²) in [5.74, 6) is -1.49. The number of halogens is 5. The van der Waals surface area contributed by atoms with E-state index in [0.29, 0.717) is 4.47 Å². The van der Waals surface area contributed by atoms with Gasteiger partial charge in [0.05, 0.1) is 6.54 Å². The lowest BCUT2D eigenvalue weighted by molar-refractivity contribution is -0.249. The molecule has 1 aliphatic heterocycles. The Kier molecular flexibility index (Phi) is 5.02. The summed E-state index contributed by atoms with van der Waals surface area (Å²) in [5, 5.41) is 14.9. The van der Waals surface area contributed by atoms with Crippen molar-refractivity contribution in [3.05, 3.63) is 58.3 Å². The smallest absolute Gasteiger partial charge is 0.361 e. The van der Waals surface area contributed by atoms with Gasteiger partial charge in [0.2, 0.25) is 10.0 Å². The van der Waals surface area contributed by atoms with Crippen LogP contribution in [0.15, 0.2) is 56.8 Å². The van der Waals surface area contributed by atoms with Crippen LogP contribution in [0.2, 0.25) is 0 Å². The van der Waals surface area contributed by atoms with Gasteiger partial charge in [0, 0.05) is 15.7 Å². The molecule has 2 aromatic carbocycles. The van der Waals surface area contributed by atoms with Crippen LogP contribution in [0.25, 0.3) is 0 Å². The average Bonchev–Trinajstić information content (AvgIpc) is 2.93. The van der Waals surface area contributed by atoms with Gasteiger partial charge in [0.25, 0.3) is 5.72 Å². The van der Waals surface area contributed by atoms with Gasteiger partial charge in [-0.3, -0.25) is 0 Å². The standard InChI is InChI=1S/C16H12BrF4N3O3S/c17-10-3-1-9(2-4-10)14-23-15(25,16(19,20)21)8-24(14)11-5-6-13(12(18)7-11)28(22,26)27/h1-7,25H,8H2,(H2,22,26,27). The van der Waals surface area contributed by atoms with E-state index in [2.05, 4.69) is 20.9 Å². The van der Waals surface area contributed by atoms with Crippen molar-refractivity contribution in [2.24, 2.45) is 10.1 Å². The number of aliphatic hydroxyl groups is 1. The molecule has 3 N–H and O–H groups in total. The van der Waals surface area contributed by atoms with Crippen LogP contribution in [0.1, 0.15) is 5.56 Å². The number of hydrogen-bond acceptors (Lipinski definition) is 5. The monoisotopic (exact) mass is 481 g/mol. The minimum atomic E-state index is -5.08. The van der Waals surface area contributed by atoms with Gasteiger partial charge < -0.3 is 10.0 Å². The third kappa shape index (κ3) is 3.77. The first-order chi connectivity index (χ1) is 12.8. The molecule has 12 heteroatoms. The number of alkyl halides is 3. The number of β-amino-alcohol motifs (C(OH)–C–C–N with tert-alkyl or cyclic N) is 1. The zero-order valence-electron chi connectivity index (χ0n) is 13.8. The van der Waals surface area contributed by atoms with E-state index in [1.807, 2.05) is 0 Å². The first-order valence-electron chi connectivity index (χ1n) is 7.57. The number of rotatable bonds is 3. The molecule has 0 fully saturated rings. The van der Waals surface area contributed by atoms with Crippen LogP contribution in [0.4, 0.5) is 23.2 Å². The van der Waals surface area contributed by atoms with E-state index in [4.69, 9.17) is 5.14 Å². The van der Waals surface area contributed by atoms with Crippen LogP contribution in [-0.4, -0.2) is 37.8 Å². The van der Waals surface area contributed by atoms with Gasteiger partial charge >= 0.3 is 6.18 Å². The Balaban J connectivity index is 2.12. The zero-order valence-corrected chi connectivity index (χ0v) is 16.2. The summed E-state index contributed by atoms with van der Waals surface area (Å²) in [6.07, 6.45) is -5.08. The Morgan fingerprint density at radius 3 is 2.29 bits per heavy atom. The first-order valence-corrected chi connectivity index (χ1v) is 9.90. The number of nitrogens with zero attached hydrogens (tertiary/aromatic N) is 2. The molecule has 0 saturated heterocycles. The number of aliphatic imine (C=N–C) groups is 1. The summed E-state index contributed by atoms with van der Waals surface area (Å²) >= 11 is 3.20. The van der Waals surface area contributed by atoms with Crippen LogP contribution in [0.3, 0.4) is 0 Å². The van der Waals surface area contributed by atoms with E-state index in [1.165, 1.54) is 12.1 Å². The topological polar surface area (TPSA) is 96.0 Å². The zero-order chi connectivity index (χ0) is 20.9. The van der Waals surface area contributed by atoms with Crippen molar-refractivity contribution in [3.8, 4) is 0 Å². The van der Waals surface area contributed by atoms with E-state index in [0.717, 1.165) is 23.1 Å². The van der Waals surface area contributed by atoms with Crippen molar-refractivity contribution >= 4 is 37.5 Å². The maximum absolute atomic E-state index is 14.2. The Hall–Kier alpha value is -2.02. The molecule has 0 radical (unpaired) electrons. The lowest BCUT2D eigenvalue weighted by atomic mass is 10.1. The van der Waals surface area contributed by atoms with Crippen LogP contribution in [0, 0.1) is 5.82 Å². The van der Waals surface area contributed by atoms with Crippen LogP contribution >= 0.6 is 15.9 Å². The fourth-order valence-electron chi connectivity index (χ4n) is 2.64. The Bertz CT molecular complexity index is 1060. The third-order valence-corrected chi connectivity index (χ3v) is 5.49. The second kappa shape index (κ2) is 6.79. The fourth-order valence-corrected chi connectivity index (χ4v) is 3.49. The van der Waals surface area contributed by atoms with E-state index in [-0.39, 0.29) is 17.1 Å². The molecule has 1 aliphatic rings. The molecule has 0 amide bonds. The number of sulfonamides is 1. The number of benzene rings is 2. The lowest BCUT2D eigenvalue weighted by Gasteiger charge is -2.25. The van der Waals surface area contributed by atoms with Crippen molar-refractivity contribution in [2.45, 2.75) is 16.8 Å². The van der Waals surface area contributed by atoms with Gasteiger partial charge in [-0.25, -0.2) is 22.9 Å². The average molecular weight is 482 g/mol. The Labute approximate surface area is 165 Å². The van der Waals surface area contributed by atoms with Crippen molar-refractivity contribution in [3.63, 3.8) is 0 Å². The van der Waals surface area contributed by atoms with E-state index in [1.54, 1.807) is 12.1 Å². The van der Waals surface area contributed by atoms with Crippen LogP contribution < -0.4 is 10.0 Å². The van der Waals surface area contributed by atoms with Gasteiger partial charge in [0.15, 0.2) is 0 Å². The highest BCUT2D eigenvalue weighted by Gasteiger charge is 2.59. The highest BCUT2D eigenvalue weighted by atomic mass is 79.9. The number of anilines is 1. The molecule has 0 aromatic heterocycles. The quantitative estimate of drug-likeness (QED) is 0.658. The molecule has 0 spiro atoms. The molecule has 1 atom stereocenters. The molecule has 0 aliphatic carbocycles. The molecular weight excluding hydrogens is 470 g/mol. The summed E-state index contributed by atoms with van der Waals surface area (Å²) in [4.78, 5) is 3.59. The molecule has 1 unspecified atom stereocenters. The molecule has 1 heterocycles. The van der Waals surface area contributed by atoms with Gasteiger partial charge in [0.1, 0.15) is 16.5 Å². The third-order valence-electron chi connectivity index (χ3n) is 4.02. The molecule has 2 aromatic rings. The molecule has 6 nitrogen and oxygen atoms in total. The largest absolute Gasteiger partial charge is 0.440 e. The molecule has 3 rings (SSSR count). The molecule has 0 bridgehead atoms. The minimum absolute atomic E-state index is 0.133. The number of nitrogens with two attached hydrogens (primary N) is 1. The molecule has 150 valence electrons. The van der Waals surface area contributed by atoms with Gasteiger partial charge in [-0.1, -0.05) is 28.1 Å². The molecule has 28 heavy (non-hydrogen) atoms. The summed E-state index contributed by atoms with van der Waals surface area (Å²) in [6.45, 7) is -1.03. The van der Waals surface area contributed by atoms with Gasteiger partial charge in [-0.2, -0.15) is 13.2 Å². The minimum Gasteiger partial charge on any atom is -0.361 e. The summed E-state index contributed by atoms with van der Waals surface area (Å²) in [5.41, 5.74) is -3.31. The lowest BCUT2D eigenvalue weighted by Crippen LogP contribution is -2.47. The number of hydrogen-bond donors (Lipinski definition) is 2. The SMILES string of the molecule is NS(=O)(=O)c1ccc(N2CC(O)(C(F)(F)F)N=C2c2ccc(Br)cc2)cc1F. The fraction of sp³-hybridized carbons (Fsp3) is 0.188. The normalized spacial score (nSPS) is 20.4. The van der Waals surface area contributed by atoms with Crippen molar-refractivity contribution in [2.75, 3.05) is 11.4 Å². The van der Waals surface area contributed by atoms with Crippen molar-refractivity contribution < 1.29 is 31.1 Å². The maximum atomic E-state index is 14.2. The number of primary sulfonamides is 1. The van der Waals surface area contributed by atoms with E-state index in [9.17, 15) is 31.1 Å². The Morgan fingerprint density at radius 2 is 1.79 bits per heavy atom. The highest BCUT2D eigenvalue weighted by molar-refractivity contribution is 9.10. The van der Waals surface area contributed by atoms with Crippen LogP contribution in [0.5, 0.6) is 0 Å². The van der Waals surface area contributed by atoms with E-state index < -0.39 is 39.2 Å². The molecule has 0 saturated carbocycles. The van der Waals surface area contributed by atoms with Crippen molar-refractivity contribution in [1.82, 2.24) is 0 Å². The summed E-state index contributed by atoms with van der Waals surface area (Å²) < 4.78 is 77.5. The predicted octanol–water partition coefficient (Wildman–Crippen LogP) is 2.75. The summed E-state index contributed by atoms with van der Waals surface area (Å²) in [7, 11) is -4.35. The first kappa shape index (κ1) is 20.7. The molecular formula is C16H12BrF4N3O3S. The summed E-state index contributed by atoms with van der Waals surface area (Å²) in [6, 6.07) is 8.69. The van der Waals surface area contributed by atoms with Crippen molar-refractivity contribution in [1.29, 1.82) is 0 Å². The second-order valence-corrected chi connectivity index (χ2v) is 8.45. The van der Waals surface area contributed by atoms with E-state index >= 15 is 0 Å². The highest BCUT2D eigenvalue weighted by Crippen LogP contribution is 2.39. The van der Waals surface area contributed by atoms with Gasteiger partial charge in [-0.15, -0.1) is 0 Å². The van der Waals surface area contributed by atoms with Crippen LogP contribution in [-0.2, 0) is 10.0 Å². The number of amidine groups is 1. The second-order valence-electron chi connectivity index (χ2n) is 6.00.